The lowest BCUT2D eigenvalue weighted by molar-refractivity contribution is 0.885. The zero-order valence-electron chi connectivity index (χ0n) is 5.63. The summed E-state index contributed by atoms with van der Waals surface area (Å²) >= 11 is 0. The smallest absolute Gasteiger partial charge is 0.222 e. The number of nitrogens with two attached hydrogens (primary N) is 1. The summed E-state index contributed by atoms with van der Waals surface area (Å²) < 4.78 is 0. The van der Waals surface area contributed by atoms with E-state index in [-0.39, 0.29) is 5.95 Å². The number of fused-ring (bicyclic) bond motifs is 1. The van der Waals surface area contributed by atoms with Crippen molar-refractivity contribution in [2.24, 2.45) is 5.10 Å². The lowest BCUT2D eigenvalue weighted by Gasteiger charge is -1.94. The summed E-state index contributed by atoms with van der Waals surface area (Å²) in [6.07, 6.45) is 0. The quantitative estimate of drug-likeness (QED) is 0.395. The Kier molecular flexibility index (Phi) is 0.974. The molecule has 0 aliphatic carbocycles. The van der Waals surface area contributed by atoms with Crippen molar-refractivity contribution in [1.82, 2.24) is 15.5 Å². The number of hydrazine groups is 1. The van der Waals surface area contributed by atoms with Crippen molar-refractivity contribution in [1.29, 1.82) is 0 Å². The van der Waals surface area contributed by atoms with Gasteiger partial charge in [0.1, 0.15) is 0 Å². The van der Waals surface area contributed by atoms with Gasteiger partial charge in [0.2, 0.25) is 5.95 Å². The van der Waals surface area contributed by atoms with Crippen LogP contribution in [0.1, 0.15) is 0 Å². The Morgan fingerprint density at radius 2 is 2.18 bits per heavy atom. The van der Waals surface area contributed by atoms with E-state index in [1.54, 1.807) is 0 Å². The molecule has 0 spiro atoms. The van der Waals surface area contributed by atoms with Gasteiger partial charge in [-0.15, -0.1) is 0 Å². The van der Waals surface area contributed by atoms with Gasteiger partial charge in [0.05, 0.1) is 5.35 Å². The largest absolute Gasteiger partial charge is 0.368 e. The van der Waals surface area contributed by atoms with Crippen LogP contribution < -0.4 is 27.4 Å². The molecule has 2 heterocycles. The number of nitrogen functional groups attached to an aromatic ring is 1. The van der Waals surface area contributed by atoms with E-state index in [1.807, 2.05) is 0 Å². The van der Waals surface area contributed by atoms with E-state index < -0.39 is 0 Å². The average molecular weight is 150 g/mol. The zero-order chi connectivity index (χ0) is 7.84. The SMILES string of the molecule is C=c1nc(N)nc2c1=NNN2. The van der Waals surface area contributed by atoms with Gasteiger partial charge in [-0.1, -0.05) is 6.58 Å². The van der Waals surface area contributed by atoms with Crippen molar-refractivity contribution in [2.75, 3.05) is 11.2 Å². The normalized spacial score (nSPS) is 12.7. The Balaban J connectivity index is 2.86. The standard InChI is InChI=1S/C5H6N6/c1-2-3-4(10-11-9-3)8-5(6)7-2/h1H2,(H4,6,7,8,9,10,11). The van der Waals surface area contributed by atoms with Crippen molar-refractivity contribution in [2.45, 2.75) is 0 Å². The first kappa shape index (κ1) is 5.90. The molecular weight excluding hydrogens is 144 g/mol. The van der Waals surface area contributed by atoms with Crippen LogP contribution >= 0.6 is 0 Å². The molecule has 0 unspecified atom stereocenters. The Hall–Kier alpha value is -1.85. The van der Waals surface area contributed by atoms with E-state index in [1.165, 1.54) is 0 Å². The van der Waals surface area contributed by atoms with Crippen molar-refractivity contribution in [3.05, 3.63) is 10.7 Å². The molecule has 0 fully saturated rings. The number of nitrogens with one attached hydrogen (secondary N) is 2. The number of aromatic nitrogens is 2. The summed E-state index contributed by atoms with van der Waals surface area (Å²) in [6, 6.07) is 0. The minimum absolute atomic E-state index is 0.195. The fourth-order valence-electron chi connectivity index (χ4n) is 0.862. The van der Waals surface area contributed by atoms with E-state index in [4.69, 9.17) is 5.73 Å². The van der Waals surface area contributed by atoms with Crippen LogP contribution in [0.5, 0.6) is 0 Å². The van der Waals surface area contributed by atoms with Crippen LogP contribution in [0.15, 0.2) is 5.10 Å². The third-order valence-electron chi connectivity index (χ3n) is 1.32. The monoisotopic (exact) mass is 150 g/mol. The third kappa shape index (κ3) is 0.759. The number of hydrogen-bond acceptors (Lipinski definition) is 6. The van der Waals surface area contributed by atoms with Crippen LogP contribution in [0, 0.1) is 0 Å². The zero-order valence-corrected chi connectivity index (χ0v) is 5.63. The second kappa shape index (κ2) is 1.82. The van der Waals surface area contributed by atoms with Gasteiger partial charge in [-0.05, 0) is 0 Å². The maximum atomic E-state index is 5.36. The lowest BCUT2D eigenvalue weighted by atomic mass is 10.5. The van der Waals surface area contributed by atoms with Crippen molar-refractivity contribution in [3.8, 4) is 0 Å². The highest BCUT2D eigenvalue weighted by Gasteiger charge is 2.05. The maximum Gasteiger partial charge on any atom is 0.222 e. The minimum atomic E-state index is 0.195. The molecule has 1 aliphatic rings. The molecule has 0 atom stereocenters. The summed E-state index contributed by atoms with van der Waals surface area (Å²) in [5.74, 6) is 0.766. The number of anilines is 2. The molecule has 0 amide bonds. The van der Waals surface area contributed by atoms with Crippen LogP contribution in [-0.4, -0.2) is 9.97 Å². The molecule has 56 valence electrons. The fourth-order valence-corrected chi connectivity index (χ4v) is 0.862. The molecule has 1 aromatic rings. The second-order valence-electron chi connectivity index (χ2n) is 2.07. The van der Waals surface area contributed by atoms with Gasteiger partial charge in [0, 0.05) is 0 Å². The lowest BCUT2D eigenvalue weighted by Crippen LogP contribution is -2.28. The molecule has 0 aromatic carbocycles. The molecule has 2 rings (SSSR count). The Labute approximate surface area is 61.8 Å². The first-order chi connectivity index (χ1) is 5.27. The number of hydrogen-bond donors (Lipinski definition) is 3. The Bertz CT molecular complexity index is 396. The Morgan fingerprint density at radius 1 is 1.36 bits per heavy atom. The highest BCUT2D eigenvalue weighted by atomic mass is 15.6. The second-order valence-corrected chi connectivity index (χ2v) is 2.07. The highest BCUT2D eigenvalue weighted by molar-refractivity contribution is 5.38. The first-order valence-electron chi connectivity index (χ1n) is 2.98. The summed E-state index contributed by atoms with van der Waals surface area (Å²) in [5.41, 5.74) is 10.6. The molecular formula is C5H6N6. The molecule has 11 heavy (non-hydrogen) atoms. The van der Waals surface area contributed by atoms with Crippen LogP contribution in [-0.2, 0) is 0 Å². The van der Waals surface area contributed by atoms with Gasteiger partial charge in [0.15, 0.2) is 11.2 Å². The molecule has 0 saturated heterocycles. The molecule has 6 heteroatoms. The number of nitrogens with zero attached hydrogens (tertiary/aromatic N) is 3. The van der Waals surface area contributed by atoms with Crippen LogP contribution in [0.25, 0.3) is 6.58 Å². The molecule has 6 nitrogen and oxygen atoms in total. The molecule has 1 aromatic heterocycles. The van der Waals surface area contributed by atoms with Crippen molar-refractivity contribution in [3.63, 3.8) is 0 Å². The van der Waals surface area contributed by atoms with E-state index in [0.717, 1.165) is 0 Å². The van der Waals surface area contributed by atoms with E-state index in [0.29, 0.717) is 16.5 Å². The van der Waals surface area contributed by atoms with Gasteiger partial charge in [0.25, 0.3) is 0 Å². The fraction of sp³-hybridized carbons (Fsp3) is 0. The summed E-state index contributed by atoms with van der Waals surface area (Å²) in [5, 5.41) is 4.96. The highest BCUT2D eigenvalue weighted by Crippen LogP contribution is 1.93. The molecule has 0 bridgehead atoms. The summed E-state index contributed by atoms with van der Waals surface area (Å²) in [6.45, 7) is 3.65. The van der Waals surface area contributed by atoms with Crippen LogP contribution in [0.4, 0.5) is 11.8 Å². The summed E-state index contributed by atoms with van der Waals surface area (Å²) in [4.78, 5) is 7.70. The van der Waals surface area contributed by atoms with Gasteiger partial charge in [-0.2, -0.15) is 10.1 Å². The molecule has 0 saturated carbocycles. The first-order valence-corrected chi connectivity index (χ1v) is 2.98. The van der Waals surface area contributed by atoms with E-state index >= 15 is 0 Å². The average Bonchev–Trinajstić information content (AvgIpc) is 2.34. The van der Waals surface area contributed by atoms with Gasteiger partial charge >= 0.3 is 0 Å². The van der Waals surface area contributed by atoms with Crippen LogP contribution in [0.3, 0.4) is 0 Å². The number of rotatable bonds is 0. The Morgan fingerprint density at radius 3 is 3.00 bits per heavy atom. The molecule has 0 radical (unpaired) electrons. The summed E-state index contributed by atoms with van der Waals surface area (Å²) in [7, 11) is 0. The van der Waals surface area contributed by atoms with Crippen LogP contribution in [0.2, 0.25) is 0 Å². The van der Waals surface area contributed by atoms with E-state index in [2.05, 4.69) is 32.6 Å². The van der Waals surface area contributed by atoms with Gasteiger partial charge in [-0.25, -0.2) is 10.5 Å². The molecule has 4 N–H and O–H groups in total. The predicted molar refractivity (Wildman–Crippen MR) is 39.5 cm³/mol. The minimum Gasteiger partial charge on any atom is -0.368 e. The van der Waals surface area contributed by atoms with Gasteiger partial charge < -0.3 is 5.73 Å². The van der Waals surface area contributed by atoms with E-state index in [9.17, 15) is 0 Å². The maximum absolute atomic E-state index is 5.36. The predicted octanol–water partition coefficient (Wildman–Crippen LogP) is -2.07. The van der Waals surface area contributed by atoms with Crippen molar-refractivity contribution < 1.29 is 0 Å². The molecule has 1 aliphatic heterocycles. The van der Waals surface area contributed by atoms with Crippen molar-refractivity contribution >= 4 is 18.3 Å². The topological polar surface area (TPSA) is 88.2 Å². The third-order valence-corrected chi connectivity index (χ3v) is 1.32. The van der Waals surface area contributed by atoms with Gasteiger partial charge in [-0.3, -0.25) is 5.43 Å².